The van der Waals surface area contributed by atoms with E-state index >= 15 is 0 Å². The van der Waals surface area contributed by atoms with Crippen molar-refractivity contribution < 1.29 is 9.59 Å². The normalized spacial score (nSPS) is 10.8. The highest BCUT2D eigenvalue weighted by molar-refractivity contribution is 8.00. The quantitative estimate of drug-likeness (QED) is 0.363. The smallest absolute Gasteiger partial charge is 0.234 e. The minimum atomic E-state index is -0.128. The predicted octanol–water partition coefficient (Wildman–Crippen LogP) is 5.51. The molecule has 4 aromatic rings. The standard InChI is InChI=1S/C25H23N3O2S2/c1-17-6-10-19(11-7-17)26-23(29)15-31-16-24(30)27-20-12-8-18(9-13-20)14-25-28-21-4-2-3-5-22(21)32-25/h2-13H,14-16H2,1H3,(H,26,29)(H,27,30). The first-order chi connectivity index (χ1) is 15.5. The van der Waals surface area contributed by atoms with Gasteiger partial charge in [0.1, 0.15) is 0 Å². The summed E-state index contributed by atoms with van der Waals surface area (Å²) in [6.45, 7) is 2.00. The van der Waals surface area contributed by atoms with Crippen LogP contribution in [0.3, 0.4) is 0 Å². The lowest BCUT2D eigenvalue weighted by molar-refractivity contribution is -0.114. The van der Waals surface area contributed by atoms with Crippen LogP contribution >= 0.6 is 23.1 Å². The van der Waals surface area contributed by atoms with E-state index < -0.39 is 0 Å². The lowest BCUT2D eigenvalue weighted by Gasteiger charge is -2.07. The molecule has 5 nitrogen and oxygen atoms in total. The Balaban J connectivity index is 1.21. The zero-order chi connectivity index (χ0) is 22.3. The number of para-hydroxylation sites is 1. The number of amides is 2. The molecule has 0 bridgehead atoms. The molecule has 0 fully saturated rings. The number of nitrogens with zero attached hydrogens (tertiary/aromatic N) is 1. The maximum absolute atomic E-state index is 12.2. The number of anilines is 2. The van der Waals surface area contributed by atoms with Gasteiger partial charge in [-0.2, -0.15) is 0 Å². The number of carbonyl (C=O) groups excluding carboxylic acids is 2. The minimum Gasteiger partial charge on any atom is -0.325 e. The third kappa shape index (κ3) is 6.18. The number of thiazole rings is 1. The fourth-order valence-electron chi connectivity index (χ4n) is 3.14. The third-order valence-corrected chi connectivity index (χ3v) is 6.70. The molecule has 0 radical (unpaired) electrons. The highest BCUT2D eigenvalue weighted by Gasteiger charge is 2.08. The summed E-state index contributed by atoms with van der Waals surface area (Å²) >= 11 is 2.99. The molecule has 0 aliphatic rings. The molecule has 3 aromatic carbocycles. The van der Waals surface area contributed by atoms with Crippen LogP contribution in [0, 0.1) is 6.92 Å². The second-order valence-corrected chi connectivity index (χ2v) is 9.51. The largest absolute Gasteiger partial charge is 0.325 e. The number of carbonyl (C=O) groups is 2. The number of rotatable bonds is 8. The highest BCUT2D eigenvalue weighted by Crippen LogP contribution is 2.24. The summed E-state index contributed by atoms with van der Waals surface area (Å²) in [5, 5.41) is 6.78. The van der Waals surface area contributed by atoms with Gasteiger partial charge in [0.15, 0.2) is 0 Å². The molecule has 0 atom stereocenters. The molecular weight excluding hydrogens is 438 g/mol. The van der Waals surface area contributed by atoms with Crippen LogP contribution in [0.5, 0.6) is 0 Å². The Morgan fingerprint density at radius 1 is 0.844 bits per heavy atom. The Morgan fingerprint density at radius 2 is 1.44 bits per heavy atom. The van der Waals surface area contributed by atoms with Gasteiger partial charge in [0.25, 0.3) is 0 Å². The summed E-state index contributed by atoms with van der Waals surface area (Å²) < 4.78 is 1.19. The predicted molar refractivity (Wildman–Crippen MR) is 135 cm³/mol. The van der Waals surface area contributed by atoms with Gasteiger partial charge in [0.2, 0.25) is 11.8 Å². The zero-order valence-electron chi connectivity index (χ0n) is 17.6. The summed E-state index contributed by atoms with van der Waals surface area (Å²) in [5.74, 6) is 0.194. The maximum Gasteiger partial charge on any atom is 0.234 e. The third-order valence-electron chi connectivity index (χ3n) is 4.73. The van der Waals surface area contributed by atoms with Crippen molar-refractivity contribution in [1.82, 2.24) is 4.98 Å². The molecule has 1 aromatic heterocycles. The number of hydrogen-bond donors (Lipinski definition) is 2. The average molecular weight is 462 g/mol. The van der Waals surface area contributed by atoms with Crippen molar-refractivity contribution in [1.29, 1.82) is 0 Å². The van der Waals surface area contributed by atoms with Gasteiger partial charge in [0.05, 0.1) is 26.7 Å². The van der Waals surface area contributed by atoms with E-state index in [-0.39, 0.29) is 23.3 Å². The molecule has 0 spiro atoms. The Hall–Kier alpha value is -3.16. The molecular formula is C25H23N3O2S2. The van der Waals surface area contributed by atoms with E-state index in [2.05, 4.69) is 21.7 Å². The summed E-state index contributed by atoms with van der Waals surface area (Å²) in [6, 6.07) is 23.6. The highest BCUT2D eigenvalue weighted by atomic mass is 32.2. The molecule has 4 rings (SSSR count). The van der Waals surface area contributed by atoms with Crippen LogP contribution in [0.25, 0.3) is 10.2 Å². The van der Waals surface area contributed by atoms with Crippen LogP contribution in [0.1, 0.15) is 16.1 Å². The number of hydrogen-bond acceptors (Lipinski definition) is 5. The molecule has 7 heteroatoms. The summed E-state index contributed by atoms with van der Waals surface area (Å²) in [5.41, 5.74) is 4.81. The number of fused-ring (bicyclic) bond motifs is 1. The van der Waals surface area contributed by atoms with E-state index in [0.717, 1.165) is 39.4 Å². The van der Waals surface area contributed by atoms with Crippen LogP contribution in [0.15, 0.2) is 72.8 Å². The van der Waals surface area contributed by atoms with Crippen molar-refractivity contribution in [2.75, 3.05) is 22.1 Å². The van der Waals surface area contributed by atoms with Crippen molar-refractivity contribution in [2.24, 2.45) is 0 Å². The molecule has 0 saturated heterocycles. The number of benzene rings is 3. The fraction of sp³-hybridized carbons (Fsp3) is 0.160. The monoisotopic (exact) mass is 461 g/mol. The van der Waals surface area contributed by atoms with Crippen molar-refractivity contribution in [3.8, 4) is 0 Å². The summed E-state index contributed by atoms with van der Waals surface area (Å²) in [6.07, 6.45) is 0.763. The van der Waals surface area contributed by atoms with E-state index in [1.165, 1.54) is 16.5 Å². The van der Waals surface area contributed by atoms with Gasteiger partial charge in [-0.15, -0.1) is 23.1 Å². The maximum atomic E-state index is 12.2. The first kappa shape index (κ1) is 22.0. The van der Waals surface area contributed by atoms with Gasteiger partial charge in [-0.05, 0) is 48.9 Å². The van der Waals surface area contributed by atoms with E-state index in [9.17, 15) is 9.59 Å². The van der Waals surface area contributed by atoms with Gasteiger partial charge in [-0.1, -0.05) is 42.0 Å². The van der Waals surface area contributed by atoms with E-state index in [0.29, 0.717) is 0 Å². The fourth-order valence-corrected chi connectivity index (χ4v) is 4.76. The molecule has 32 heavy (non-hydrogen) atoms. The lowest BCUT2D eigenvalue weighted by atomic mass is 10.1. The van der Waals surface area contributed by atoms with Gasteiger partial charge in [0, 0.05) is 17.8 Å². The van der Waals surface area contributed by atoms with Crippen molar-refractivity contribution in [2.45, 2.75) is 13.3 Å². The summed E-state index contributed by atoms with van der Waals surface area (Å²) in [4.78, 5) is 28.9. The Labute approximate surface area is 195 Å². The van der Waals surface area contributed by atoms with E-state index in [4.69, 9.17) is 0 Å². The van der Waals surface area contributed by atoms with Crippen LogP contribution < -0.4 is 10.6 Å². The molecule has 0 saturated carbocycles. The first-order valence-corrected chi connectivity index (χ1v) is 12.2. The molecule has 2 amide bonds. The Morgan fingerprint density at radius 3 is 2.06 bits per heavy atom. The topological polar surface area (TPSA) is 71.1 Å². The molecule has 0 unspecified atom stereocenters. The van der Waals surface area contributed by atoms with Crippen LogP contribution in [0.2, 0.25) is 0 Å². The minimum absolute atomic E-state index is 0.120. The summed E-state index contributed by atoms with van der Waals surface area (Å²) in [7, 11) is 0. The second-order valence-electron chi connectivity index (χ2n) is 7.40. The molecule has 2 N–H and O–H groups in total. The SMILES string of the molecule is Cc1ccc(NC(=O)CSCC(=O)Nc2ccc(Cc3nc4ccccc4s3)cc2)cc1. The Bertz CT molecular complexity index is 1190. The van der Waals surface area contributed by atoms with E-state index in [1.54, 1.807) is 11.3 Å². The first-order valence-electron chi connectivity index (χ1n) is 10.2. The van der Waals surface area contributed by atoms with Crippen molar-refractivity contribution >= 4 is 56.5 Å². The van der Waals surface area contributed by atoms with Crippen molar-refractivity contribution in [3.05, 3.63) is 88.9 Å². The number of aryl methyl sites for hydroxylation is 1. The average Bonchev–Trinajstić information content (AvgIpc) is 3.19. The molecule has 0 aliphatic heterocycles. The Kier molecular flexibility index (Phi) is 7.19. The van der Waals surface area contributed by atoms with Crippen LogP contribution in [-0.4, -0.2) is 28.3 Å². The number of nitrogens with one attached hydrogen (secondary N) is 2. The van der Waals surface area contributed by atoms with Gasteiger partial charge in [-0.25, -0.2) is 4.98 Å². The van der Waals surface area contributed by atoms with Crippen LogP contribution in [0.4, 0.5) is 11.4 Å². The van der Waals surface area contributed by atoms with Gasteiger partial charge in [-0.3, -0.25) is 9.59 Å². The number of aromatic nitrogens is 1. The van der Waals surface area contributed by atoms with Crippen LogP contribution in [-0.2, 0) is 16.0 Å². The van der Waals surface area contributed by atoms with Gasteiger partial charge >= 0.3 is 0 Å². The van der Waals surface area contributed by atoms with E-state index in [1.807, 2.05) is 73.7 Å². The molecule has 162 valence electrons. The number of thioether (sulfide) groups is 1. The molecule has 0 aliphatic carbocycles. The second kappa shape index (κ2) is 10.4. The van der Waals surface area contributed by atoms with Gasteiger partial charge < -0.3 is 10.6 Å². The lowest BCUT2D eigenvalue weighted by Crippen LogP contribution is -2.18. The van der Waals surface area contributed by atoms with Crippen molar-refractivity contribution in [3.63, 3.8) is 0 Å². The molecule has 1 heterocycles. The zero-order valence-corrected chi connectivity index (χ0v) is 19.3.